The summed E-state index contributed by atoms with van der Waals surface area (Å²) in [7, 11) is 1.30. The molecule has 3 rings (SSSR count). The largest absolute Gasteiger partial charge is 0.493 e. The minimum absolute atomic E-state index is 0.0634. The van der Waals surface area contributed by atoms with E-state index >= 15 is 0 Å². The Hall–Kier alpha value is -1.50. The van der Waals surface area contributed by atoms with E-state index in [1.807, 2.05) is 0 Å². The first-order chi connectivity index (χ1) is 11.3. The molecule has 24 heavy (non-hydrogen) atoms. The molecule has 1 aromatic carbocycles. The van der Waals surface area contributed by atoms with Gasteiger partial charge in [0.05, 0.1) is 20.3 Å². The number of alkyl halides is 3. The lowest BCUT2D eigenvalue weighted by Crippen LogP contribution is -2.33. The molecule has 0 amide bonds. The topological polar surface area (TPSA) is 27.7 Å². The van der Waals surface area contributed by atoms with Crippen molar-refractivity contribution in [1.82, 2.24) is 0 Å². The van der Waals surface area contributed by atoms with E-state index in [0.717, 1.165) is 12.8 Å². The van der Waals surface area contributed by atoms with Crippen LogP contribution in [0.15, 0.2) is 12.1 Å². The first-order valence-electron chi connectivity index (χ1n) is 8.00. The van der Waals surface area contributed by atoms with Crippen LogP contribution in [0, 0.1) is 17.7 Å². The summed E-state index contributed by atoms with van der Waals surface area (Å²) in [4.78, 5) is 0. The predicted octanol–water partition coefficient (Wildman–Crippen LogP) is 4.30. The Kier molecular flexibility index (Phi) is 4.64. The van der Waals surface area contributed by atoms with Crippen molar-refractivity contribution in [2.75, 3.05) is 20.3 Å². The summed E-state index contributed by atoms with van der Waals surface area (Å²) in [5, 5.41) is 0. The molecular weight excluding hydrogens is 328 g/mol. The Balaban J connectivity index is 1.83. The van der Waals surface area contributed by atoms with Crippen LogP contribution in [0.3, 0.4) is 0 Å². The third-order valence-corrected chi connectivity index (χ3v) is 4.76. The smallest absolute Gasteiger partial charge is 0.414 e. The van der Waals surface area contributed by atoms with Crippen molar-refractivity contribution in [3.63, 3.8) is 0 Å². The first kappa shape index (κ1) is 17.3. The molecule has 3 nitrogen and oxygen atoms in total. The summed E-state index contributed by atoms with van der Waals surface area (Å²) in [5.41, 5.74) is 0.382. The van der Waals surface area contributed by atoms with Crippen molar-refractivity contribution in [3.8, 4) is 11.5 Å². The Morgan fingerprint density at radius 2 is 1.96 bits per heavy atom. The highest BCUT2D eigenvalue weighted by Gasteiger charge is 2.51. The number of rotatable bonds is 5. The third-order valence-electron chi connectivity index (χ3n) is 4.76. The molecular formula is C17H20F4O3. The Labute approximate surface area is 137 Å². The van der Waals surface area contributed by atoms with Gasteiger partial charge in [-0.05, 0) is 24.8 Å². The molecule has 3 atom stereocenters. The SMILES string of the molecule is COc1c(C2COC(C(F)(F)F)C2C)ccc(OCC2CC2)c1F. The molecule has 2 aliphatic rings. The highest BCUT2D eigenvalue weighted by atomic mass is 19.4. The number of hydrogen-bond donors (Lipinski definition) is 0. The minimum Gasteiger partial charge on any atom is -0.493 e. The average Bonchev–Trinajstić information content (AvgIpc) is 3.25. The Morgan fingerprint density at radius 3 is 2.50 bits per heavy atom. The van der Waals surface area contributed by atoms with Gasteiger partial charge in [-0.1, -0.05) is 13.0 Å². The quantitative estimate of drug-likeness (QED) is 0.743. The van der Waals surface area contributed by atoms with Gasteiger partial charge in [-0.25, -0.2) is 0 Å². The molecule has 3 unspecified atom stereocenters. The fraction of sp³-hybridized carbons (Fsp3) is 0.647. The molecule has 1 aliphatic carbocycles. The van der Waals surface area contributed by atoms with E-state index in [1.165, 1.54) is 20.1 Å². The van der Waals surface area contributed by atoms with Gasteiger partial charge in [-0.2, -0.15) is 17.6 Å². The fourth-order valence-electron chi connectivity index (χ4n) is 3.14. The van der Waals surface area contributed by atoms with E-state index < -0.39 is 29.9 Å². The van der Waals surface area contributed by atoms with Crippen LogP contribution in [-0.4, -0.2) is 32.6 Å². The molecule has 7 heteroatoms. The van der Waals surface area contributed by atoms with E-state index in [0.29, 0.717) is 18.1 Å². The molecule has 1 saturated carbocycles. The van der Waals surface area contributed by atoms with Crippen molar-refractivity contribution in [2.24, 2.45) is 11.8 Å². The van der Waals surface area contributed by atoms with Gasteiger partial charge in [0, 0.05) is 17.4 Å². The lowest BCUT2D eigenvalue weighted by atomic mass is 9.86. The lowest BCUT2D eigenvalue weighted by molar-refractivity contribution is -0.215. The summed E-state index contributed by atoms with van der Waals surface area (Å²) in [6.07, 6.45) is -4.13. The minimum atomic E-state index is -4.44. The van der Waals surface area contributed by atoms with Crippen LogP contribution in [0.25, 0.3) is 0 Å². The van der Waals surface area contributed by atoms with Gasteiger partial charge in [0.15, 0.2) is 17.6 Å². The molecule has 0 bridgehead atoms. The molecule has 1 saturated heterocycles. The summed E-state index contributed by atoms with van der Waals surface area (Å²) < 4.78 is 69.0. The Bertz CT molecular complexity index is 598. The van der Waals surface area contributed by atoms with Crippen LogP contribution in [0.1, 0.15) is 31.2 Å². The standard InChI is InChI=1S/C17H20F4O3/c1-9-12(8-24-16(9)17(19,20)21)11-5-6-13(14(18)15(11)22-2)23-7-10-3-4-10/h5-6,9-10,12,16H,3-4,7-8H2,1-2H3. The highest BCUT2D eigenvalue weighted by Crippen LogP contribution is 2.46. The number of hydrogen-bond acceptors (Lipinski definition) is 3. The second-order valence-electron chi connectivity index (χ2n) is 6.52. The lowest BCUT2D eigenvalue weighted by Gasteiger charge is -2.22. The zero-order valence-electron chi connectivity index (χ0n) is 13.5. The van der Waals surface area contributed by atoms with Gasteiger partial charge >= 0.3 is 6.18 Å². The maximum absolute atomic E-state index is 14.6. The predicted molar refractivity (Wildman–Crippen MR) is 78.9 cm³/mol. The number of methoxy groups -OCH3 is 1. The van der Waals surface area contributed by atoms with E-state index in [9.17, 15) is 17.6 Å². The normalized spacial score (nSPS) is 27.3. The molecule has 0 N–H and O–H groups in total. The van der Waals surface area contributed by atoms with Crippen molar-refractivity contribution < 1.29 is 31.8 Å². The van der Waals surface area contributed by atoms with Crippen molar-refractivity contribution >= 4 is 0 Å². The van der Waals surface area contributed by atoms with Gasteiger partial charge in [-0.3, -0.25) is 0 Å². The van der Waals surface area contributed by atoms with Crippen LogP contribution in [0.5, 0.6) is 11.5 Å². The van der Waals surface area contributed by atoms with Crippen LogP contribution < -0.4 is 9.47 Å². The van der Waals surface area contributed by atoms with Gasteiger partial charge in [0.25, 0.3) is 0 Å². The monoisotopic (exact) mass is 348 g/mol. The van der Waals surface area contributed by atoms with Crippen LogP contribution >= 0.6 is 0 Å². The highest BCUT2D eigenvalue weighted by molar-refractivity contribution is 5.45. The zero-order chi connectivity index (χ0) is 17.5. The van der Waals surface area contributed by atoms with E-state index in [2.05, 4.69) is 0 Å². The maximum Gasteiger partial charge on any atom is 0.414 e. The number of benzene rings is 1. The van der Waals surface area contributed by atoms with Gasteiger partial charge < -0.3 is 14.2 Å². The second kappa shape index (κ2) is 6.43. The second-order valence-corrected chi connectivity index (χ2v) is 6.52. The van der Waals surface area contributed by atoms with E-state index in [-0.39, 0.29) is 18.1 Å². The van der Waals surface area contributed by atoms with E-state index in [4.69, 9.17) is 14.2 Å². The molecule has 0 radical (unpaired) electrons. The summed E-state index contributed by atoms with van der Waals surface area (Å²) in [5.74, 6) is -1.60. The van der Waals surface area contributed by atoms with Crippen LogP contribution in [0.4, 0.5) is 17.6 Å². The van der Waals surface area contributed by atoms with Crippen LogP contribution in [-0.2, 0) is 4.74 Å². The molecule has 1 heterocycles. The van der Waals surface area contributed by atoms with Gasteiger partial charge in [0.1, 0.15) is 0 Å². The molecule has 1 aromatic rings. The Morgan fingerprint density at radius 1 is 1.25 bits per heavy atom. The third kappa shape index (κ3) is 3.31. The van der Waals surface area contributed by atoms with Crippen molar-refractivity contribution in [2.45, 2.75) is 38.0 Å². The van der Waals surface area contributed by atoms with Crippen molar-refractivity contribution in [1.29, 1.82) is 0 Å². The molecule has 1 aliphatic heterocycles. The summed E-state index contributed by atoms with van der Waals surface area (Å²) >= 11 is 0. The molecule has 0 spiro atoms. The molecule has 0 aromatic heterocycles. The zero-order valence-corrected chi connectivity index (χ0v) is 13.5. The average molecular weight is 348 g/mol. The fourth-order valence-corrected chi connectivity index (χ4v) is 3.14. The van der Waals surface area contributed by atoms with E-state index in [1.54, 1.807) is 6.07 Å². The van der Waals surface area contributed by atoms with Crippen molar-refractivity contribution in [3.05, 3.63) is 23.5 Å². The summed E-state index contributed by atoms with van der Waals surface area (Å²) in [6.45, 7) is 1.78. The van der Waals surface area contributed by atoms with Crippen LogP contribution in [0.2, 0.25) is 0 Å². The van der Waals surface area contributed by atoms with Gasteiger partial charge in [0.2, 0.25) is 5.82 Å². The van der Waals surface area contributed by atoms with Gasteiger partial charge in [-0.15, -0.1) is 0 Å². The first-order valence-corrected chi connectivity index (χ1v) is 8.00. The molecule has 2 fully saturated rings. The number of halogens is 4. The molecule has 134 valence electrons. The summed E-state index contributed by atoms with van der Waals surface area (Å²) in [6, 6.07) is 3.04. The maximum atomic E-state index is 14.6. The number of ether oxygens (including phenoxy) is 3.